The molecule has 7 heteroatoms. The number of nitrogens with two attached hydrogens (primary N) is 1. The molecule has 118 valence electrons. The topological polar surface area (TPSA) is 102 Å². The molecule has 1 atom stereocenters. The number of methoxy groups -OCH3 is 1. The van der Waals surface area contributed by atoms with Gasteiger partial charge in [0.15, 0.2) is 0 Å². The van der Waals surface area contributed by atoms with Gasteiger partial charge < -0.3 is 15.5 Å². The maximum Gasteiger partial charge on any atom is 0.328 e. The molecule has 7 nitrogen and oxygen atoms in total. The number of hydrogen-bond acceptors (Lipinski definition) is 7. The van der Waals surface area contributed by atoms with Crippen LogP contribution in [-0.2, 0) is 9.53 Å². The molecule has 0 amide bonds. The zero-order valence-corrected chi connectivity index (χ0v) is 13.3. The number of rotatable bonds is 7. The Morgan fingerprint density at radius 1 is 1.29 bits per heavy atom. The van der Waals surface area contributed by atoms with Gasteiger partial charge in [-0.3, -0.25) is 0 Å². The summed E-state index contributed by atoms with van der Waals surface area (Å²) in [4.78, 5) is 20.3. The van der Waals surface area contributed by atoms with Crippen molar-refractivity contribution < 1.29 is 9.53 Å². The van der Waals surface area contributed by atoms with E-state index in [4.69, 9.17) is 10.6 Å². The lowest BCUT2D eigenvalue weighted by Crippen LogP contribution is -2.33. The summed E-state index contributed by atoms with van der Waals surface area (Å²) in [6.07, 6.45) is 2.06. The van der Waals surface area contributed by atoms with Crippen LogP contribution in [-0.4, -0.2) is 29.1 Å². The quantitative estimate of drug-likeness (QED) is 0.401. The van der Waals surface area contributed by atoms with Crippen LogP contribution < -0.4 is 16.6 Å². The van der Waals surface area contributed by atoms with Crippen molar-refractivity contribution in [1.82, 2.24) is 9.97 Å². The predicted octanol–water partition coefficient (Wildman–Crippen LogP) is 1.89. The van der Waals surface area contributed by atoms with E-state index >= 15 is 0 Å². The van der Waals surface area contributed by atoms with Crippen LogP contribution in [0.15, 0.2) is 6.33 Å². The SMILES string of the molecule is COC(=O)C(CC(C)C)Nc1ncnc(NN)c1C(C)C. The second-order valence-electron chi connectivity index (χ2n) is 5.63. The van der Waals surface area contributed by atoms with Gasteiger partial charge in [0.2, 0.25) is 0 Å². The number of anilines is 2. The van der Waals surface area contributed by atoms with Gasteiger partial charge in [-0.25, -0.2) is 20.6 Å². The minimum atomic E-state index is -0.451. The predicted molar refractivity (Wildman–Crippen MR) is 82.8 cm³/mol. The molecule has 0 radical (unpaired) electrons. The second kappa shape index (κ2) is 7.78. The molecule has 0 aromatic carbocycles. The molecule has 0 bridgehead atoms. The Morgan fingerprint density at radius 2 is 1.90 bits per heavy atom. The molecule has 0 saturated carbocycles. The molecule has 1 aromatic heterocycles. The summed E-state index contributed by atoms with van der Waals surface area (Å²) in [5, 5.41) is 3.16. The molecule has 0 spiro atoms. The maximum atomic E-state index is 11.9. The minimum absolute atomic E-state index is 0.150. The first-order valence-corrected chi connectivity index (χ1v) is 7.06. The van der Waals surface area contributed by atoms with Crippen molar-refractivity contribution in [3.05, 3.63) is 11.9 Å². The summed E-state index contributed by atoms with van der Waals surface area (Å²) in [5.41, 5.74) is 3.41. The van der Waals surface area contributed by atoms with Gasteiger partial charge in [-0.1, -0.05) is 27.7 Å². The lowest BCUT2D eigenvalue weighted by atomic mass is 10.0. The van der Waals surface area contributed by atoms with Crippen LogP contribution in [0.1, 0.15) is 45.6 Å². The Morgan fingerprint density at radius 3 is 2.38 bits per heavy atom. The fraction of sp³-hybridized carbons (Fsp3) is 0.643. The average molecular weight is 295 g/mol. The molecular formula is C14H25N5O2. The molecule has 21 heavy (non-hydrogen) atoms. The number of nitrogens with zero attached hydrogens (tertiary/aromatic N) is 2. The summed E-state index contributed by atoms with van der Waals surface area (Å²) >= 11 is 0. The fourth-order valence-corrected chi connectivity index (χ4v) is 2.17. The zero-order valence-electron chi connectivity index (χ0n) is 13.3. The first-order chi connectivity index (χ1) is 9.90. The first kappa shape index (κ1) is 17.2. The van der Waals surface area contributed by atoms with E-state index in [1.54, 1.807) is 0 Å². The number of esters is 1. The Hall–Kier alpha value is -1.89. The van der Waals surface area contributed by atoms with E-state index < -0.39 is 6.04 Å². The van der Waals surface area contributed by atoms with Crippen LogP contribution in [0.3, 0.4) is 0 Å². The number of ether oxygens (including phenoxy) is 1. The van der Waals surface area contributed by atoms with E-state index in [0.29, 0.717) is 24.0 Å². The highest BCUT2D eigenvalue weighted by Gasteiger charge is 2.23. The number of nitrogens with one attached hydrogen (secondary N) is 2. The first-order valence-electron chi connectivity index (χ1n) is 7.06. The normalized spacial score (nSPS) is 12.4. The van der Waals surface area contributed by atoms with Crippen molar-refractivity contribution in [2.24, 2.45) is 11.8 Å². The lowest BCUT2D eigenvalue weighted by Gasteiger charge is -2.22. The standard InChI is InChI=1S/C14H25N5O2/c1-8(2)6-10(14(20)21-5)18-12-11(9(3)4)13(19-15)17-7-16-12/h7-10H,6,15H2,1-5H3,(H2,16,17,18,19). The van der Waals surface area contributed by atoms with Gasteiger partial charge in [-0.05, 0) is 18.3 Å². The highest BCUT2D eigenvalue weighted by atomic mass is 16.5. The summed E-state index contributed by atoms with van der Waals surface area (Å²) in [6, 6.07) is -0.451. The maximum absolute atomic E-state index is 11.9. The Bertz CT molecular complexity index is 476. The summed E-state index contributed by atoms with van der Waals surface area (Å²) < 4.78 is 4.86. The molecule has 1 heterocycles. The highest BCUT2D eigenvalue weighted by Crippen LogP contribution is 2.28. The minimum Gasteiger partial charge on any atom is -0.467 e. The molecule has 1 unspecified atom stereocenters. The number of hydrogen-bond donors (Lipinski definition) is 3. The van der Waals surface area contributed by atoms with E-state index in [2.05, 4.69) is 20.7 Å². The highest BCUT2D eigenvalue weighted by molar-refractivity contribution is 5.79. The third-order valence-electron chi connectivity index (χ3n) is 3.10. The fourth-order valence-electron chi connectivity index (χ4n) is 2.17. The van der Waals surface area contributed by atoms with E-state index in [1.165, 1.54) is 13.4 Å². The Labute approximate surface area is 125 Å². The van der Waals surface area contributed by atoms with Crippen LogP contribution >= 0.6 is 0 Å². The van der Waals surface area contributed by atoms with Gasteiger partial charge in [-0.15, -0.1) is 0 Å². The van der Waals surface area contributed by atoms with E-state index in [-0.39, 0.29) is 11.9 Å². The van der Waals surface area contributed by atoms with Crippen molar-refractivity contribution in [3.8, 4) is 0 Å². The van der Waals surface area contributed by atoms with E-state index in [0.717, 1.165) is 5.56 Å². The van der Waals surface area contributed by atoms with Gasteiger partial charge >= 0.3 is 5.97 Å². The molecule has 1 aromatic rings. The van der Waals surface area contributed by atoms with E-state index in [1.807, 2.05) is 27.7 Å². The summed E-state index contributed by atoms with van der Waals surface area (Å²) in [6.45, 7) is 8.13. The monoisotopic (exact) mass is 295 g/mol. The third kappa shape index (κ3) is 4.56. The molecule has 0 fully saturated rings. The number of carbonyl (C=O) groups is 1. The largest absolute Gasteiger partial charge is 0.467 e. The van der Waals surface area contributed by atoms with Crippen molar-refractivity contribution >= 4 is 17.6 Å². The zero-order chi connectivity index (χ0) is 16.0. The van der Waals surface area contributed by atoms with Crippen LogP contribution in [0.4, 0.5) is 11.6 Å². The molecule has 1 rings (SSSR count). The number of nitrogen functional groups attached to an aromatic ring is 1. The molecule has 0 aliphatic heterocycles. The number of carbonyl (C=O) groups excluding carboxylic acids is 1. The van der Waals surface area contributed by atoms with Crippen LogP contribution in [0.5, 0.6) is 0 Å². The van der Waals surface area contributed by atoms with Crippen molar-refractivity contribution in [3.63, 3.8) is 0 Å². The van der Waals surface area contributed by atoms with Crippen molar-refractivity contribution in [2.45, 2.75) is 46.1 Å². The van der Waals surface area contributed by atoms with Gasteiger partial charge in [0, 0.05) is 5.56 Å². The van der Waals surface area contributed by atoms with Gasteiger partial charge in [0.1, 0.15) is 24.0 Å². The second-order valence-corrected chi connectivity index (χ2v) is 5.63. The Balaban J connectivity index is 3.11. The summed E-state index contributed by atoms with van der Waals surface area (Å²) in [5.74, 6) is 6.84. The van der Waals surface area contributed by atoms with Gasteiger partial charge in [0.25, 0.3) is 0 Å². The smallest absolute Gasteiger partial charge is 0.328 e. The van der Waals surface area contributed by atoms with E-state index in [9.17, 15) is 4.79 Å². The number of aromatic nitrogens is 2. The van der Waals surface area contributed by atoms with Gasteiger partial charge in [0.05, 0.1) is 7.11 Å². The van der Waals surface area contributed by atoms with Crippen LogP contribution in [0.2, 0.25) is 0 Å². The third-order valence-corrected chi connectivity index (χ3v) is 3.10. The lowest BCUT2D eigenvalue weighted by molar-refractivity contribution is -0.141. The number of hydrazine groups is 1. The van der Waals surface area contributed by atoms with Gasteiger partial charge in [-0.2, -0.15) is 0 Å². The van der Waals surface area contributed by atoms with Crippen LogP contribution in [0.25, 0.3) is 0 Å². The van der Waals surface area contributed by atoms with Crippen molar-refractivity contribution in [1.29, 1.82) is 0 Å². The Kier molecular flexibility index (Phi) is 6.36. The molecule has 0 aliphatic rings. The average Bonchev–Trinajstić information content (AvgIpc) is 2.44. The molecule has 0 saturated heterocycles. The van der Waals surface area contributed by atoms with Crippen LogP contribution in [0, 0.1) is 5.92 Å². The summed E-state index contributed by atoms with van der Waals surface area (Å²) in [7, 11) is 1.38. The molecule has 0 aliphatic carbocycles. The molecular weight excluding hydrogens is 270 g/mol. The van der Waals surface area contributed by atoms with Crippen molar-refractivity contribution in [2.75, 3.05) is 17.9 Å². The molecule has 4 N–H and O–H groups in total.